The Morgan fingerprint density at radius 1 is 1.19 bits per heavy atom. The summed E-state index contributed by atoms with van der Waals surface area (Å²) in [7, 11) is 1.61. The average Bonchev–Trinajstić information content (AvgIpc) is 2.48. The van der Waals surface area contributed by atoms with Crippen LogP contribution in [0.15, 0.2) is 42.5 Å². The molecular formula is C16H17FN2O2. The van der Waals surface area contributed by atoms with Gasteiger partial charge in [-0.05, 0) is 35.4 Å². The van der Waals surface area contributed by atoms with Gasteiger partial charge in [0, 0.05) is 5.56 Å². The summed E-state index contributed by atoms with van der Waals surface area (Å²) in [4.78, 5) is 0. The maximum Gasteiger partial charge on any atom is 0.123 e. The second kappa shape index (κ2) is 6.85. The van der Waals surface area contributed by atoms with Crippen molar-refractivity contribution in [1.82, 2.24) is 0 Å². The van der Waals surface area contributed by atoms with Crippen molar-refractivity contribution in [2.75, 3.05) is 7.11 Å². The Labute approximate surface area is 122 Å². The number of methoxy groups -OCH3 is 1. The second-order valence-electron chi connectivity index (χ2n) is 4.56. The average molecular weight is 288 g/mol. The second-order valence-corrected chi connectivity index (χ2v) is 4.56. The third-order valence-electron chi connectivity index (χ3n) is 3.02. The molecular weight excluding hydrogens is 271 g/mol. The molecule has 0 aromatic heterocycles. The number of nitrogens with two attached hydrogens (primary N) is 1. The summed E-state index contributed by atoms with van der Waals surface area (Å²) in [5, 5.41) is 7.46. The lowest BCUT2D eigenvalue weighted by Crippen LogP contribution is -2.14. The van der Waals surface area contributed by atoms with E-state index in [0.717, 1.165) is 11.3 Å². The van der Waals surface area contributed by atoms with Crippen molar-refractivity contribution in [3.63, 3.8) is 0 Å². The fourth-order valence-electron chi connectivity index (χ4n) is 1.97. The van der Waals surface area contributed by atoms with Gasteiger partial charge in [-0.25, -0.2) is 4.39 Å². The molecule has 0 saturated heterocycles. The zero-order valence-electron chi connectivity index (χ0n) is 11.7. The molecule has 5 heteroatoms. The molecule has 2 aromatic rings. The van der Waals surface area contributed by atoms with Gasteiger partial charge in [0.1, 0.15) is 17.4 Å². The van der Waals surface area contributed by atoms with E-state index in [9.17, 15) is 4.39 Å². The first-order valence-corrected chi connectivity index (χ1v) is 6.43. The van der Waals surface area contributed by atoms with E-state index in [1.54, 1.807) is 13.2 Å². The number of hydrogen-bond acceptors (Lipinski definition) is 3. The van der Waals surface area contributed by atoms with Crippen LogP contribution < -0.4 is 10.5 Å². The third kappa shape index (κ3) is 4.03. The first kappa shape index (κ1) is 15.0. The van der Waals surface area contributed by atoms with Gasteiger partial charge in [-0.1, -0.05) is 18.2 Å². The number of benzene rings is 2. The molecule has 0 unspecified atom stereocenters. The van der Waals surface area contributed by atoms with E-state index in [4.69, 9.17) is 20.6 Å². The fraction of sp³-hybridized carbons (Fsp3) is 0.188. The molecule has 4 nitrogen and oxygen atoms in total. The van der Waals surface area contributed by atoms with Gasteiger partial charge in [0.2, 0.25) is 0 Å². The highest BCUT2D eigenvalue weighted by Gasteiger charge is 2.07. The maximum atomic E-state index is 13.2. The van der Waals surface area contributed by atoms with E-state index in [1.807, 2.05) is 24.3 Å². The minimum absolute atomic E-state index is 0.172. The standard InChI is InChI=1S/C16H17FN2O2/c1-20-14-4-2-3-11(7-14)9-21-10-12-5-6-13(17)8-15(12)16(18)19/h2-8H,9-10H2,1H3,(H3,18,19). The summed E-state index contributed by atoms with van der Waals surface area (Å²) in [5.41, 5.74) is 7.47. The minimum atomic E-state index is -0.420. The molecule has 0 saturated carbocycles. The monoisotopic (exact) mass is 288 g/mol. The van der Waals surface area contributed by atoms with E-state index in [0.29, 0.717) is 17.7 Å². The first-order valence-electron chi connectivity index (χ1n) is 6.43. The molecule has 0 amide bonds. The Kier molecular flexibility index (Phi) is 4.90. The predicted octanol–water partition coefficient (Wildman–Crippen LogP) is 2.84. The SMILES string of the molecule is COc1cccc(COCc2ccc(F)cc2C(=N)N)c1. The quantitative estimate of drug-likeness (QED) is 0.634. The van der Waals surface area contributed by atoms with Crippen molar-refractivity contribution in [2.45, 2.75) is 13.2 Å². The summed E-state index contributed by atoms with van der Waals surface area (Å²) < 4.78 is 23.9. The summed E-state index contributed by atoms with van der Waals surface area (Å²) in [6.07, 6.45) is 0. The van der Waals surface area contributed by atoms with Crippen LogP contribution in [0.3, 0.4) is 0 Å². The molecule has 0 heterocycles. The van der Waals surface area contributed by atoms with Crippen molar-refractivity contribution in [3.8, 4) is 5.75 Å². The minimum Gasteiger partial charge on any atom is -0.497 e. The van der Waals surface area contributed by atoms with Gasteiger partial charge in [-0.3, -0.25) is 5.41 Å². The van der Waals surface area contributed by atoms with Crippen LogP contribution in [-0.4, -0.2) is 12.9 Å². The third-order valence-corrected chi connectivity index (χ3v) is 3.02. The van der Waals surface area contributed by atoms with E-state index < -0.39 is 5.82 Å². The first-order chi connectivity index (χ1) is 10.1. The van der Waals surface area contributed by atoms with Crippen molar-refractivity contribution in [3.05, 3.63) is 65.0 Å². The fourth-order valence-corrected chi connectivity index (χ4v) is 1.97. The normalized spacial score (nSPS) is 10.4. The van der Waals surface area contributed by atoms with E-state index in [-0.39, 0.29) is 12.4 Å². The Bertz CT molecular complexity index is 644. The van der Waals surface area contributed by atoms with Crippen molar-refractivity contribution in [2.24, 2.45) is 5.73 Å². The number of nitrogens with one attached hydrogen (secondary N) is 1. The lowest BCUT2D eigenvalue weighted by Gasteiger charge is -2.10. The molecule has 3 N–H and O–H groups in total. The molecule has 0 radical (unpaired) electrons. The van der Waals surface area contributed by atoms with Crippen LogP contribution in [0, 0.1) is 11.2 Å². The van der Waals surface area contributed by atoms with Crippen LogP contribution in [0.5, 0.6) is 5.75 Å². The molecule has 110 valence electrons. The van der Waals surface area contributed by atoms with Gasteiger partial charge in [0.15, 0.2) is 0 Å². The number of ether oxygens (including phenoxy) is 2. The van der Waals surface area contributed by atoms with Gasteiger partial charge in [0.05, 0.1) is 20.3 Å². The molecule has 0 aliphatic rings. The Morgan fingerprint density at radius 3 is 2.71 bits per heavy atom. The zero-order chi connectivity index (χ0) is 15.2. The summed E-state index contributed by atoms with van der Waals surface area (Å²) in [6, 6.07) is 11.7. The lowest BCUT2D eigenvalue weighted by molar-refractivity contribution is 0.107. The summed E-state index contributed by atoms with van der Waals surface area (Å²) in [6.45, 7) is 0.651. The van der Waals surface area contributed by atoms with E-state index in [1.165, 1.54) is 12.1 Å². The van der Waals surface area contributed by atoms with Gasteiger partial charge < -0.3 is 15.2 Å². The highest BCUT2D eigenvalue weighted by molar-refractivity contribution is 5.96. The Balaban J connectivity index is 2.01. The predicted molar refractivity (Wildman–Crippen MR) is 78.9 cm³/mol. The zero-order valence-corrected chi connectivity index (χ0v) is 11.7. The van der Waals surface area contributed by atoms with Crippen LogP contribution in [0.1, 0.15) is 16.7 Å². The van der Waals surface area contributed by atoms with Crippen LogP contribution in [0.4, 0.5) is 4.39 Å². The lowest BCUT2D eigenvalue weighted by atomic mass is 10.1. The van der Waals surface area contributed by atoms with Crippen LogP contribution in [-0.2, 0) is 18.0 Å². The number of hydrogen-bond donors (Lipinski definition) is 2. The molecule has 2 aromatic carbocycles. The smallest absolute Gasteiger partial charge is 0.123 e. The number of halogens is 1. The highest BCUT2D eigenvalue weighted by atomic mass is 19.1. The van der Waals surface area contributed by atoms with E-state index >= 15 is 0 Å². The molecule has 21 heavy (non-hydrogen) atoms. The van der Waals surface area contributed by atoms with Crippen molar-refractivity contribution < 1.29 is 13.9 Å². The van der Waals surface area contributed by atoms with Crippen molar-refractivity contribution in [1.29, 1.82) is 5.41 Å². The van der Waals surface area contributed by atoms with Crippen molar-refractivity contribution >= 4 is 5.84 Å². The van der Waals surface area contributed by atoms with Gasteiger partial charge in [-0.2, -0.15) is 0 Å². The molecule has 0 spiro atoms. The van der Waals surface area contributed by atoms with Crippen LogP contribution in [0.2, 0.25) is 0 Å². The van der Waals surface area contributed by atoms with Gasteiger partial charge in [-0.15, -0.1) is 0 Å². The molecule has 0 aliphatic heterocycles. The maximum absolute atomic E-state index is 13.2. The number of amidine groups is 1. The highest BCUT2D eigenvalue weighted by Crippen LogP contribution is 2.16. The Morgan fingerprint density at radius 2 is 2.00 bits per heavy atom. The molecule has 0 fully saturated rings. The van der Waals surface area contributed by atoms with Crippen LogP contribution >= 0.6 is 0 Å². The topological polar surface area (TPSA) is 68.3 Å². The van der Waals surface area contributed by atoms with Crippen LogP contribution in [0.25, 0.3) is 0 Å². The summed E-state index contributed by atoms with van der Waals surface area (Å²) >= 11 is 0. The molecule has 0 aliphatic carbocycles. The summed E-state index contributed by atoms with van der Waals surface area (Å²) in [5.74, 6) is 0.175. The number of nitrogen functional groups attached to an aromatic ring is 1. The molecule has 0 bridgehead atoms. The molecule has 0 atom stereocenters. The largest absolute Gasteiger partial charge is 0.497 e. The molecule has 2 rings (SSSR count). The van der Waals surface area contributed by atoms with Gasteiger partial charge in [0.25, 0.3) is 0 Å². The van der Waals surface area contributed by atoms with Gasteiger partial charge >= 0.3 is 0 Å². The Hall–Kier alpha value is -2.40. The number of rotatable bonds is 6. The van der Waals surface area contributed by atoms with E-state index in [2.05, 4.69) is 0 Å².